The van der Waals surface area contributed by atoms with Gasteiger partial charge in [-0.05, 0) is 31.2 Å². The van der Waals surface area contributed by atoms with E-state index in [0.29, 0.717) is 67.3 Å². The van der Waals surface area contributed by atoms with Crippen LogP contribution in [0.25, 0.3) is 0 Å². The van der Waals surface area contributed by atoms with Crippen LogP contribution in [0.2, 0.25) is 5.02 Å². The number of urea groups is 1. The van der Waals surface area contributed by atoms with Gasteiger partial charge in [0.15, 0.2) is 0 Å². The lowest BCUT2D eigenvalue weighted by Crippen LogP contribution is -2.50. The highest BCUT2D eigenvalue weighted by molar-refractivity contribution is 7.09. The summed E-state index contributed by atoms with van der Waals surface area (Å²) in [5.74, 6) is -0.194. The molecule has 0 spiro atoms. The Balaban J connectivity index is 1.59. The standard InChI is InChI=1S/C22H28ClN5O5S/c1-3-33-22(31)27-10-8-26(9-11-27)20(29)18-15-34-19(25-18)14-28(12-13-32-2)21(30)24-17-6-4-16(23)5-7-17/h4-7,15H,3,8-14H2,1-2H3,(H,24,30). The second-order valence-electron chi connectivity index (χ2n) is 7.46. The van der Waals surface area contributed by atoms with Crippen LogP contribution < -0.4 is 5.32 Å². The van der Waals surface area contributed by atoms with Gasteiger partial charge in [0.05, 0.1) is 19.8 Å². The molecule has 0 unspecified atom stereocenters. The first-order chi connectivity index (χ1) is 16.4. The number of aromatic nitrogens is 1. The van der Waals surface area contributed by atoms with E-state index in [-0.39, 0.29) is 24.6 Å². The molecule has 0 saturated carbocycles. The van der Waals surface area contributed by atoms with Crippen LogP contribution in [0.3, 0.4) is 0 Å². The zero-order chi connectivity index (χ0) is 24.5. The summed E-state index contributed by atoms with van der Waals surface area (Å²) in [6, 6.07) is 6.52. The molecular formula is C22H28ClN5O5S. The predicted molar refractivity (Wildman–Crippen MR) is 129 cm³/mol. The summed E-state index contributed by atoms with van der Waals surface area (Å²) in [5.41, 5.74) is 0.947. The van der Waals surface area contributed by atoms with Gasteiger partial charge in [-0.25, -0.2) is 14.6 Å². The molecule has 0 atom stereocenters. The quantitative estimate of drug-likeness (QED) is 0.585. The first-order valence-electron chi connectivity index (χ1n) is 10.9. The van der Waals surface area contributed by atoms with Crippen molar-refractivity contribution in [2.24, 2.45) is 0 Å². The van der Waals surface area contributed by atoms with Gasteiger partial charge in [0.1, 0.15) is 10.7 Å². The van der Waals surface area contributed by atoms with Gasteiger partial charge in [-0.1, -0.05) is 11.6 Å². The fourth-order valence-electron chi connectivity index (χ4n) is 3.30. The molecule has 2 heterocycles. The molecule has 184 valence electrons. The zero-order valence-electron chi connectivity index (χ0n) is 19.2. The smallest absolute Gasteiger partial charge is 0.409 e. The molecule has 1 saturated heterocycles. The van der Waals surface area contributed by atoms with Crippen molar-refractivity contribution in [2.75, 3.05) is 58.4 Å². The molecular weight excluding hydrogens is 482 g/mol. The largest absolute Gasteiger partial charge is 0.450 e. The number of methoxy groups -OCH3 is 1. The maximum atomic E-state index is 12.9. The lowest BCUT2D eigenvalue weighted by Gasteiger charge is -2.33. The van der Waals surface area contributed by atoms with Crippen molar-refractivity contribution >= 4 is 46.7 Å². The fourth-order valence-corrected chi connectivity index (χ4v) is 4.21. The van der Waals surface area contributed by atoms with E-state index in [9.17, 15) is 14.4 Å². The number of nitrogens with zero attached hydrogens (tertiary/aromatic N) is 4. The summed E-state index contributed by atoms with van der Waals surface area (Å²) in [5, 5.41) is 5.74. The number of halogens is 1. The Morgan fingerprint density at radius 1 is 1.15 bits per heavy atom. The Hall–Kier alpha value is -2.89. The highest BCUT2D eigenvalue weighted by atomic mass is 35.5. The number of piperazine rings is 1. The molecule has 10 nitrogen and oxygen atoms in total. The molecule has 0 radical (unpaired) electrons. The predicted octanol–water partition coefficient (Wildman–Crippen LogP) is 3.39. The number of thiazole rings is 1. The summed E-state index contributed by atoms with van der Waals surface area (Å²) >= 11 is 7.22. The summed E-state index contributed by atoms with van der Waals surface area (Å²) in [6.07, 6.45) is -0.362. The van der Waals surface area contributed by atoms with Crippen molar-refractivity contribution in [3.05, 3.63) is 45.4 Å². The Labute approximate surface area is 207 Å². The molecule has 1 fully saturated rings. The second kappa shape index (κ2) is 12.5. The van der Waals surface area contributed by atoms with Crippen LogP contribution in [0, 0.1) is 0 Å². The van der Waals surface area contributed by atoms with E-state index in [4.69, 9.17) is 21.1 Å². The maximum absolute atomic E-state index is 12.9. The van der Waals surface area contributed by atoms with Gasteiger partial charge < -0.3 is 29.5 Å². The molecule has 1 aromatic heterocycles. The van der Waals surface area contributed by atoms with Gasteiger partial charge >= 0.3 is 12.1 Å². The molecule has 12 heteroatoms. The molecule has 4 amide bonds. The number of anilines is 1. The lowest BCUT2D eigenvalue weighted by atomic mass is 10.3. The number of benzene rings is 1. The van der Waals surface area contributed by atoms with Gasteiger partial charge in [-0.2, -0.15) is 0 Å². The van der Waals surface area contributed by atoms with Crippen LogP contribution in [-0.4, -0.2) is 90.8 Å². The van der Waals surface area contributed by atoms with E-state index in [1.165, 1.54) is 11.3 Å². The Bertz CT molecular complexity index is 978. The van der Waals surface area contributed by atoms with E-state index in [2.05, 4.69) is 10.3 Å². The SMILES string of the molecule is CCOC(=O)N1CCN(C(=O)c2csc(CN(CCOC)C(=O)Nc3ccc(Cl)cc3)n2)CC1. The number of nitrogens with one attached hydrogen (secondary N) is 1. The third-order valence-corrected chi connectivity index (χ3v) is 6.22. The lowest BCUT2D eigenvalue weighted by molar-refractivity contribution is 0.0566. The van der Waals surface area contributed by atoms with Gasteiger partial charge in [-0.3, -0.25) is 4.79 Å². The monoisotopic (exact) mass is 509 g/mol. The topological polar surface area (TPSA) is 104 Å². The summed E-state index contributed by atoms with van der Waals surface area (Å²) in [6.45, 7) is 4.67. The van der Waals surface area contributed by atoms with E-state index in [1.807, 2.05) is 0 Å². The van der Waals surface area contributed by atoms with Gasteiger partial charge in [0, 0.05) is 55.9 Å². The van der Waals surface area contributed by atoms with Gasteiger partial charge in [0.2, 0.25) is 0 Å². The number of carbonyl (C=O) groups is 3. The first-order valence-corrected chi connectivity index (χ1v) is 12.1. The fraction of sp³-hybridized carbons (Fsp3) is 0.455. The molecule has 1 aromatic carbocycles. The van der Waals surface area contributed by atoms with Crippen molar-refractivity contribution in [2.45, 2.75) is 13.5 Å². The van der Waals surface area contributed by atoms with E-state index >= 15 is 0 Å². The molecule has 1 aliphatic heterocycles. The molecule has 0 bridgehead atoms. The average molecular weight is 510 g/mol. The normalized spacial score (nSPS) is 13.5. The molecule has 1 aliphatic rings. The maximum Gasteiger partial charge on any atom is 0.409 e. The van der Waals surface area contributed by atoms with Gasteiger partial charge in [-0.15, -0.1) is 11.3 Å². The van der Waals surface area contributed by atoms with Crippen molar-refractivity contribution < 1.29 is 23.9 Å². The molecule has 34 heavy (non-hydrogen) atoms. The van der Waals surface area contributed by atoms with E-state index < -0.39 is 0 Å². The number of ether oxygens (including phenoxy) is 2. The molecule has 2 aromatic rings. The van der Waals surface area contributed by atoms with Crippen molar-refractivity contribution in [1.29, 1.82) is 0 Å². The minimum atomic E-state index is -0.362. The van der Waals surface area contributed by atoms with Crippen molar-refractivity contribution in [1.82, 2.24) is 19.7 Å². The molecule has 1 N–H and O–H groups in total. The number of rotatable bonds is 8. The van der Waals surface area contributed by atoms with Crippen LogP contribution >= 0.6 is 22.9 Å². The van der Waals surface area contributed by atoms with Crippen molar-refractivity contribution in [3.8, 4) is 0 Å². The first kappa shape index (κ1) is 25.7. The summed E-state index contributed by atoms with van der Waals surface area (Å²) < 4.78 is 10.1. The number of carbonyl (C=O) groups excluding carboxylic acids is 3. The zero-order valence-corrected chi connectivity index (χ0v) is 20.7. The summed E-state index contributed by atoms with van der Waals surface area (Å²) in [7, 11) is 1.57. The Morgan fingerprint density at radius 2 is 1.82 bits per heavy atom. The van der Waals surface area contributed by atoms with Crippen molar-refractivity contribution in [3.63, 3.8) is 0 Å². The minimum absolute atomic E-state index is 0.194. The molecule has 0 aliphatic carbocycles. The van der Waals surface area contributed by atoms with Crippen LogP contribution in [0.15, 0.2) is 29.6 Å². The van der Waals surface area contributed by atoms with Crippen LogP contribution in [0.5, 0.6) is 0 Å². The Morgan fingerprint density at radius 3 is 2.47 bits per heavy atom. The van der Waals surface area contributed by atoms with Crippen LogP contribution in [0.1, 0.15) is 22.4 Å². The highest BCUT2D eigenvalue weighted by Crippen LogP contribution is 2.18. The minimum Gasteiger partial charge on any atom is -0.450 e. The second-order valence-corrected chi connectivity index (χ2v) is 8.84. The highest BCUT2D eigenvalue weighted by Gasteiger charge is 2.27. The third kappa shape index (κ3) is 7.05. The Kier molecular flexibility index (Phi) is 9.49. The third-order valence-electron chi connectivity index (χ3n) is 5.14. The molecule has 3 rings (SSSR count). The van der Waals surface area contributed by atoms with Gasteiger partial charge in [0.25, 0.3) is 5.91 Å². The van der Waals surface area contributed by atoms with Crippen LogP contribution in [-0.2, 0) is 16.0 Å². The number of hydrogen-bond acceptors (Lipinski definition) is 7. The number of amides is 4. The van der Waals surface area contributed by atoms with E-state index in [1.54, 1.807) is 58.4 Å². The number of hydrogen-bond donors (Lipinski definition) is 1. The van der Waals surface area contributed by atoms with E-state index in [0.717, 1.165) is 0 Å². The van der Waals surface area contributed by atoms with Crippen LogP contribution in [0.4, 0.5) is 15.3 Å². The average Bonchev–Trinajstić information content (AvgIpc) is 3.31. The summed E-state index contributed by atoms with van der Waals surface area (Å²) in [4.78, 5) is 46.8.